The van der Waals surface area contributed by atoms with Crippen LogP contribution < -0.4 is 4.74 Å². The van der Waals surface area contributed by atoms with E-state index in [1.54, 1.807) is 6.07 Å². The number of benzene rings is 1. The number of carbonyl (C=O) groups is 2. The van der Waals surface area contributed by atoms with Crippen molar-refractivity contribution in [2.75, 3.05) is 12.9 Å². The maximum atomic E-state index is 11.7. The van der Waals surface area contributed by atoms with Crippen molar-refractivity contribution >= 4 is 23.6 Å². The van der Waals surface area contributed by atoms with Crippen molar-refractivity contribution in [2.24, 2.45) is 0 Å². The molecule has 20 heavy (non-hydrogen) atoms. The summed E-state index contributed by atoms with van der Waals surface area (Å²) < 4.78 is 5.15. The summed E-state index contributed by atoms with van der Waals surface area (Å²) in [6.07, 6.45) is 3.69. The predicted molar refractivity (Wildman–Crippen MR) is 79.2 cm³/mol. The number of imide groups is 1. The van der Waals surface area contributed by atoms with E-state index in [0.717, 1.165) is 23.3 Å². The fourth-order valence-electron chi connectivity index (χ4n) is 1.70. The largest absolute Gasteiger partial charge is 0.421 e. The van der Waals surface area contributed by atoms with E-state index in [1.165, 1.54) is 19.9 Å². The normalized spacial score (nSPS) is 10.2. The Morgan fingerprint density at radius 2 is 2.05 bits per heavy atom. The minimum atomic E-state index is -0.721. The molecular weight excluding hydrogens is 278 g/mol. The number of halogens is 1. The Bertz CT molecular complexity index is 462. The summed E-state index contributed by atoms with van der Waals surface area (Å²) in [7, 11) is 1.35. The Morgan fingerprint density at radius 1 is 1.30 bits per heavy atom. The van der Waals surface area contributed by atoms with Crippen LogP contribution in [-0.4, -0.2) is 29.8 Å². The second-order valence-electron chi connectivity index (χ2n) is 4.56. The number of nitrogens with zero attached hydrogens (tertiary/aromatic N) is 1. The second-order valence-corrected chi connectivity index (χ2v) is 4.83. The van der Waals surface area contributed by atoms with Gasteiger partial charge in [-0.1, -0.05) is 31.9 Å². The van der Waals surface area contributed by atoms with Gasteiger partial charge in [-0.15, -0.1) is 11.6 Å². The lowest BCUT2D eigenvalue weighted by Gasteiger charge is -2.14. The van der Waals surface area contributed by atoms with Crippen molar-refractivity contribution in [3.63, 3.8) is 0 Å². The van der Waals surface area contributed by atoms with Crippen molar-refractivity contribution in [3.8, 4) is 5.75 Å². The number of alkyl halides is 1. The van der Waals surface area contributed by atoms with Crippen molar-refractivity contribution in [2.45, 2.75) is 32.6 Å². The molecule has 0 aliphatic heterocycles. The van der Waals surface area contributed by atoms with Gasteiger partial charge in [0.05, 0.1) is 0 Å². The minimum absolute atomic E-state index is 0.247. The molecule has 0 saturated heterocycles. The monoisotopic (exact) mass is 297 g/mol. The third-order valence-electron chi connectivity index (χ3n) is 2.93. The fraction of sp³-hybridized carbons (Fsp3) is 0.467. The number of aryl methyl sites for hydroxylation is 1. The van der Waals surface area contributed by atoms with Crippen LogP contribution in [0, 0.1) is 0 Å². The minimum Gasteiger partial charge on any atom is -0.410 e. The predicted octanol–water partition coefficient (Wildman–Crippen LogP) is 3.62. The first-order valence-electron chi connectivity index (χ1n) is 6.71. The Balaban J connectivity index is 2.61. The third-order valence-corrected chi connectivity index (χ3v) is 3.16. The average molecular weight is 298 g/mol. The summed E-state index contributed by atoms with van der Waals surface area (Å²) in [5, 5.41) is 0. The van der Waals surface area contributed by atoms with Gasteiger partial charge in [-0.3, -0.25) is 4.79 Å². The molecule has 1 rings (SSSR count). The van der Waals surface area contributed by atoms with Crippen LogP contribution in [0.4, 0.5) is 4.79 Å². The van der Waals surface area contributed by atoms with Gasteiger partial charge in [0.25, 0.3) is 0 Å². The second kappa shape index (κ2) is 8.59. The van der Waals surface area contributed by atoms with Crippen LogP contribution in [0.15, 0.2) is 24.3 Å². The standard InChI is InChI=1S/C15H20ClNO3/c1-3-4-5-7-12-8-6-9-13(10-12)20-15(19)17(2)14(18)11-16/h6,8-10H,3-5,7,11H2,1-2H3. The highest BCUT2D eigenvalue weighted by Gasteiger charge is 2.17. The van der Waals surface area contributed by atoms with E-state index in [0.29, 0.717) is 5.75 Å². The molecule has 1 aromatic carbocycles. The first kappa shape index (κ1) is 16.5. The van der Waals surface area contributed by atoms with Crippen LogP contribution in [0.5, 0.6) is 5.75 Å². The maximum Gasteiger partial charge on any atom is 0.421 e. The number of hydrogen-bond donors (Lipinski definition) is 0. The highest BCUT2D eigenvalue weighted by Crippen LogP contribution is 2.16. The molecule has 0 unspecified atom stereocenters. The van der Waals surface area contributed by atoms with Crippen molar-refractivity contribution in [1.82, 2.24) is 4.90 Å². The van der Waals surface area contributed by atoms with Gasteiger partial charge in [-0.25, -0.2) is 9.69 Å². The highest BCUT2D eigenvalue weighted by atomic mass is 35.5. The van der Waals surface area contributed by atoms with Crippen LogP contribution >= 0.6 is 11.6 Å². The molecule has 0 saturated carbocycles. The number of ether oxygens (including phenoxy) is 1. The molecule has 4 nitrogen and oxygen atoms in total. The molecule has 110 valence electrons. The van der Waals surface area contributed by atoms with Gasteiger partial charge in [0.2, 0.25) is 5.91 Å². The van der Waals surface area contributed by atoms with Crippen LogP contribution in [0.1, 0.15) is 31.7 Å². The van der Waals surface area contributed by atoms with Crippen LogP contribution in [0.3, 0.4) is 0 Å². The molecule has 0 atom stereocenters. The summed E-state index contributed by atoms with van der Waals surface area (Å²) in [5.41, 5.74) is 1.12. The van der Waals surface area contributed by atoms with Gasteiger partial charge < -0.3 is 4.74 Å². The van der Waals surface area contributed by atoms with Gasteiger partial charge in [0.15, 0.2) is 0 Å². The number of hydrogen-bond acceptors (Lipinski definition) is 3. The van der Waals surface area contributed by atoms with Crippen molar-refractivity contribution in [1.29, 1.82) is 0 Å². The smallest absolute Gasteiger partial charge is 0.410 e. The van der Waals surface area contributed by atoms with E-state index in [2.05, 4.69) is 6.92 Å². The number of amides is 2. The summed E-state index contributed by atoms with van der Waals surface area (Å²) >= 11 is 5.39. The van der Waals surface area contributed by atoms with Crippen LogP contribution in [-0.2, 0) is 11.2 Å². The summed E-state index contributed by atoms with van der Waals surface area (Å²) in [6, 6.07) is 7.36. The first-order chi connectivity index (χ1) is 9.58. The molecule has 0 aromatic heterocycles. The number of carbonyl (C=O) groups excluding carboxylic acids is 2. The molecule has 0 aliphatic carbocycles. The highest BCUT2D eigenvalue weighted by molar-refractivity contribution is 6.28. The SMILES string of the molecule is CCCCCc1cccc(OC(=O)N(C)C(=O)CCl)c1. The van der Waals surface area contributed by atoms with Gasteiger partial charge in [-0.2, -0.15) is 0 Å². The van der Waals surface area contributed by atoms with E-state index in [9.17, 15) is 9.59 Å². The Kier molecular flexibility index (Phi) is 7.09. The molecule has 2 amide bonds. The summed E-state index contributed by atoms with van der Waals surface area (Å²) in [5.74, 6) is -0.295. The van der Waals surface area contributed by atoms with E-state index >= 15 is 0 Å². The number of unbranched alkanes of at least 4 members (excludes halogenated alkanes) is 2. The average Bonchev–Trinajstić information content (AvgIpc) is 2.46. The first-order valence-corrected chi connectivity index (χ1v) is 7.25. The zero-order valence-corrected chi connectivity index (χ0v) is 12.7. The zero-order valence-electron chi connectivity index (χ0n) is 11.9. The zero-order chi connectivity index (χ0) is 15.0. The van der Waals surface area contributed by atoms with E-state index in [-0.39, 0.29) is 5.88 Å². The van der Waals surface area contributed by atoms with Crippen LogP contribution in [0.2, 0.25) is 0 Å². The molecule has 1 aromatic rings. The third kappa shape index (κ3) is 5.21. The van der Waals surface area contributed by atoms with E-state index < -0.39 is 12.0 Å². The van der Waals surface area contributed by atoms with Crippen LogP contribution in [0.25, 0.3) is 0 Å². The lowest BCUT2D eigenvalue weighted by Crippen LogP contribution is -2.36. The molecular formula is C15H20ClNO3. The molecule has 0 N–H and O–H groups in total. The Hall–Kier alpha value is -1.55. The summed E-state index contributed by atoms with van der Waals surface area (Å²) in [6.45, 7) is 2.15. The molecule has 0 aliphatic rings. The summed E-state index contributed by atoms with van der Waals surface area (Å²) in [4.78, 5) is 23.9. The van der Waals surface area contributed by atoms with Crippen molar-refractivity contribution in [3.05, 3.63) is 29.8 Å². The topological polar surface area (TPSA) is 46.6 Å². The molecule has 0 spiro atoms. The molecule has 5 heteroatoms. The van der Waals surface area contributed by atoms with Gasteiger partial charge in [0, 0.05) is 7.05 Å². The van der Waals surface area contributed by atoms with Gasteiger partial charge in [0.1, 0.15) is 11.6 Å². The fourth-order valence-corrected chi connectivity index (χ4v) is 1.88. The molecule has 0 radical (unpaired) electrons. The van der Waals surface area contributed by atoms with Gasteiger partial charge >= 0.3 is 6.09 Å². The lowest BCUT2D eigenvalue weighted by atomic mass is 10.1. The number of rotatable bonds is 6. The van der Waals surface area contributed by atoms with Gasteiger partial charge in [-0.05, 0) is 30.5 Å². The molecule has 0 heterocycles. The maximum absolute atomic E-state index is 11.7. The van der Waals surface area contributed by atoms with Crippen molar-refractivity contribution < 1.29 is 14.3 Å². The Morgan fingerprint density at radius 3 is 2.70 bits per heavy atom. The van der Waals surface area contributed by atoms with E-state index in [4.69, 9.17) is 16.3 Å². The van der Waals surface area contributed by atoms with E-state index in [1.807, 2.05) is 18.2 Å². The quantitative estimate of drug-likeness (QED) is 0.595. The Labute approximate surface area is 124 Å². The lowest BCUT2D eigenvalue weighted by molar-refractivity contribution is -0.125. The molecule has 0 fully saturated rings. The molecule has 0 bridgehead atoms.